The number of nitrogens with zero attached hydrogens (tertiary/aromatic N) is 1. The summed E-state index contributed by atoms with van der Waals surface area (Å²) < 4.78 is 11.3. The van der Waals surface area contributed by atoms with Crippen LogP contribution in [0.3, 0.4) is 0 Å². The second-order valence-corrected chi connectivity index (χ2v) is 7.39. The van der Waals surface area contributed by atoms with E-state index in [0.29, 0.717) is 28.2 Å². The third-order valence-corrected chi connectivity index (χ3v) is 5.19. The van der Waals surface area contributed by atoms with Crippen molar-refractivity contribution in [2.75, 3.05) is 0 Å². The molecule has 8 heteroatoms. The third-order valence-electron chi connectivity index (χ3n) is 4.33. The summed E-state index contributed by atoms with van der Waals surface area (Å²) >= 11 is 0.878. The third kappa shape index (κ3) is 3.99. The van der Waals surface area contributed by atoms with Crippen LogP contribution in [-0.4, -0.2) is 27.1 Å². The number of hydrogen-bond donors (Lipinski definition) is 2. The van der Waals surface area contributed by atoms with Gasteiger partial charge in [0.1, 0.15) is 21.9 Å². The number of hydrogen-bond acceptors (Lipinski definition) is 6. The zero-order valence-corrected chi connectivity index (χ0v) is 16.5. The monoisotopic (exact) mass is 421 g/mol. The molecule has 0 aliphatic rings. The molecule has 0 amide bonds. The predicted octanol–water partition coefficient (Wildman–Crippen LogP) is 5.31. The van der Waals surface area contributed by atoms with E-state index in [4.69, 9.17) is 8.83 Å². The second-order valence-electron chi connectivity index (χ2n) is 6.40. The molecular weight excluding hydrogens is 406 g/mol. The highest BCUT2D eigenvalue weighted by Gasteiger charge is 2.17. The van der Waals surface area contributed by atoms with Gasteiger partial charge in [-0.2, -0.15) is 0 Å². The van der Waals surface area contributed by atoms with Crippen LogP contribution < -0.4 is 0 Å². The minimum Gasteiger partial charge on any atom is -0.478 e. The van der Waals surface area contributed by atoms with E-state index in [-0.39, 0.29) is 15.7 Å². The molecule has 0 aliphatic heterocycles. The van der Waals surface area contributed by atoms with Crippen molar-refractivity contribution >= 4 is 40.9 Å². The van der Waals surface area contributed by atoms with Gasteiger partial charge in [-0.15, -0.1) is 0 Å². The normalized spacial score (nSPS) is 11.7. The number of benzene rings is 2. The average molecular weight is 421 g/mol. The molecule has 0 spiro atoms. The summed E-state index contributed by atoms with van der Waals surface area (Å²) in [6.45, 7) is 1.84. The van der Waals surface area contributed by atoms with Crippen LogP contribution in [0.15, 0.2) is 73.6 Å². The molecule has 2 aromatic carbocycles. The highest BCUT2D eigenvalue weighted by Crippen LogP contribution is 2.32. The first-order valence-corrected chi connectivity index (χ1v) is 9.65. The highest BCUT2D eigenvalue weighted by molar-refractivity contribution is 8.03. The van der Waals surface area contributed by atoms with E-state index in [2.05, 4.69) is 4.98 Å². The average Bonchev–Trinajstić information content (AvgIpc) is 3.34. The lowest BCUT2D eigenvalue weighted by atomic mass is 10.0. The Morgan fingerprint density at radius 3 is 2.57 bits per heavy atom. The largest absolute Gasteiger partial charge is 0.478 e. The van der Waals surface area contributed by atoms with Crippen molar-refractivity contribution in [3.8, 4) is 11.3 Å². The Balaban J connectivity index is 1.64. The first-order valence-electron chi connectivity index (χ1n) is 8.83. The molecule has 0 saturated carbocycles. The lowest BCUT2D eigenvalue weighted by molar-refractivity contribution is -0.131. The number of carbonyl (C=O) groups is 2. The van der Waals surface area contributed by atoms with E-state index in [0.717, 1.165) is 17.3 Å². The zero-order chi connectivity index (χ0) is 21.3. The molecule has 0 aliphatic carbocycles. The summed E-state index contributed by atoms with van der Waals surface area (Å²) in [5.41, 5.74) is 2.81. The first-order chi connectivity index (χ1) is 14.4. The Hall–Kier alpha value is -3.78. The van der Waals surface area contributed by atoms with Gasteiger partial charge in [0, 0.05) is 11.6 Å². The van der Waals surface area contributed by atoms with Crippen LogP contribution in [0.5, 0.6) is 0 Å². The standard InChI is InChI=1S/C22H15NO6S/c1-12-6-7-13(20(24)25)10-15(12)17-9-8-14(28-17)11-19(21(26)27)30-22-23-16-4-2-3-5-18(16)29-22/h2-11H,1H3,(H,24,25)(H,26,27)/b19-11-. The van der Waals surface area contributed by atoms with Crippen LogP contribution in [-0.2, 0) is 4.79 Å². The lowest BCUT2D eigenvalue weighted by Crippen LogP contribution is -1.97. The Bertz CT molecular complexity index is 1270. The van der Waals surface area contributed by atoms with E-state index in [1.165, 1.54) is 18.2 Å². The number of aryl methyl sites for hydroxylation is 1. The Morgan fingerprint density at radius 2 is 1.83 bits per heavy atom. The number of para-hydroxylation sites is 2. The molecule has 0 bridgehead atoms. The van der Waals surface area contributed by atoms with Crippen LogP contribution >= 0.6 is 11.8 Å². The van der Waals surface area contributed by atoms with E-state index in [1.807, 2.05) is 19.1 Å². The number of oxazole rings is 1. The summed E-state index contributed by atoms with van der Waals surface area (Å²) in [7, 11) is 0. The minimum absolute atomic E-state index is 0.0292. The molecule has 0 radical (unpaired) electrons. The van der Waals surface area contributed by atoms with E-state index in [1.54, 1.807) is 30.3 Å². The summed E-state index contributed by atoms with van der Waals surface area (Å²) in [6, 6.07) is 15.2. The lowest BCUT2D eigenvalue weighted by Gasteiger charge is -2.04. The van der Waals surface area contributed by atoms with Crippen molar-refractivity contribution in [3.05, 3.63) is 76.4 Å². The molecule has 30 heavy (non-hydrogen) atoms. The fourth-order valence-corrected chi connectivity index (χ4v) is 3.57. The van der Waals surface area contributed by atoms with Crippen LogP contribution in [0.4, 0.5) is 0 Å². The molecule has 7 nitrogen and oxygen atoms in total. The van der Waals surface area contributed by atoms with Gasteiger partial charge < -0.3 is 19.0 Å². The quantitative estimate of drug-likeness (QED) is 0.318. The van der Waals surface area contributed by atoms with E-state index >= 15 is 0 Å². The van der Waals surface area contributed by atoms with E-state index in [9.17, 15) is 19.8 Å². The van der Waals surface area contributed by atoms with Crippen molar-refractivity contribution in [3.63, 3.8) is 0 Å². The van der Waals surface area contributed by atoms with Crippen LogP contribution in [0.25, 0.3) is 28.5 Å². The van der Waals surface area contributed by atoms with Crippen LogP contribution in [0.1, 0.15) is 21.7 Å². The molecule has 0 atom stereocenters. The molecule has 4 aromatic rings. The highest BCUT2D eigenvalue weighted by atomic mass is 32.2. The molecule has 2 heterocycles. The number of aromatic carboxylic acids is 1. The zero-order valence-electron chi connectivity index (χ0n) is 15.7. The molecule has 2 aromatic heterocycles. The number of thioether (sulfide) groups is 1. The molecule has 4 rings (SSSR count). The Morgan fingerprint density at radius 1 is 1.03 bits per heavy atom. The Kier molecular flexibility index (Phi) is 5.16. The van der Waals surface area contributed by atoms with Crippen molar-refractivity contribution in [2.24, 2.45) is 0 Å². The topological polar surface area (TPSA) is 114 Å². The van der Waals surface area contributed by atoms with Gasteiger partial charge in [0.15, 0.2) is 5.58 Å². The molecule has 0 fully saturated rings. The van der Waals surface area contributed by atoms with Gasteiger partial charge in [0.2, 0.25) is 0 Å². The maximum absolute atomic E-state index is 11.7. The number of carboxylic acid groups (broad SMARTS) is 2. The van der Waals surface area contributed by atoms with Gasteiger partial charge in [0.25, 0.3) is 5.22 Å². The number of rotatable bonds is 6. The van der Waals surface area contributed by atoms with Crippen LogP contribution in [0, 0.1) is 6.92 Å². The van der Waals surface area contributed by atoms with Gasteiger partial charge in [-0.3, -0.25) is 0 Å². The minimum atomic E-state index is -1.15. The SMILES string of the molecule is Cc1ccc(C(=O)O)cc1-c1ccc(/C=C(\Sc2nc3ccccc3o2)C(=O)O)o1. The number of furan rings is 1. The number of aromatic nitrogens is 1. The number of aliphatic carboxylic acids is 1. The number of fused-ring (bicyclic) bond motifs is 1. The maximum atomic E-state index is 11.7. The molecule has 0 saturated heterocycles. The summed E-state index contributed by atoms with van der Waals surface area (Å²) in [6.07, 6.45) is 1.38. The molecular formula is C22H15NO6S. The van der Waals surface area contributed by atoms with E-state index < -0.39 is 11.9 Å². The fourth-order valence-electron chi connectivity index (χ4n) is 2.85. The molecule has 0 unspecified atom stereocenters. The van der Waals surface area contributed by atoms with Gasteiger partial charge in [-0.1, -0.05) is 18.2 Å². The van der Waals surface area contributed by atoms with Crippen molar-refractivity contribution in [1.29, 1.82) is 0 Å². The summed E-state index contributed by atoms with van der Waals surface area (Å²) in [5.74, 6) is -1.43. The fraction of sp³-hybridized carbons (Fsp3) is 0.0455. The van der Waals surface area contributed by atoms with Gasteiger partial charge in [0.05, 0.1) is 5.56 Å². The molecule has 150 valence electrons. The van der Waals surface area contributed by atoms with Crippen molar-refractivity contribution < 1.29 is 28.6 Å². The van der Waals surface area contributed by atoms with Gasteiger partial charge in [-0.25, -0.2) is 14.6 Å². The predicted molar refractivity (Wildman–Crippen MR) is 111 cm³/mol. The van der Waals surface area contributed by atoms with Crippen molar-refractivity contribution in [2.45, 2.75) is 12.1 Å². The summed E-state index contributed by atoms with van der Waals surface area (Å²) in [5, 5.41) is 19.0. The van der Waals surface area contributed by atoms with Gasteiger partial charge in [-0.05, 0) is 60.6 Å². The second kappa shape index (κ2) is 7.92. The Labute approximate surface area is 174 Å². The first kappa shape index (κ1) is 19.5. The maximum Gasteiger partial charge on any atom is 0.342 e. The summed E-state index contributed by atoms with van der Waals surface area (Å²) in [4.78, 5) is 27.2. The number of carboxylic acids is 2. The molecule has 2 N–H and O–H groups in total. The van der Waals surface area contributed by atoms with Crippen LogP contribution in [0.2, 0.25) is 0 Å². The smallest absolute Gasteiger partial charge is 0.342 e. The van der Waals surface area contributed by atoms with Crippen molar-refractivity contribution in [1.82, 2.24) is 4.98 Å². The van der Waals surface area contributed by atoms with Gasteiger partial charge >= 0.3 is 11.9 Å².